The quantitative estimate of drug-likeness (QED) is 0.726. The van der Waals surface area contributed by atoms with Crippen LogP contribution >= 0.6 is 0 Å². The van der Waals surface area contributed by atoms with Crippen molar-refractivity contribution in [1.29, 1.82) is 0 Å². The molecule has 1 N–H and O–H groups in total. The van der Waals surface area contributed by atoms with E-state index in [1.807, 2.05) is 6.07 Å². The smallest absolute Gasteiger partial charge is 0.407 e. The van der Waals surface area contributed by atoms with E-state index < -0.39 is 0 Å². The molecule has 1 unspecified atom stereocenters. The molecule has 1 aliphatic carbocycles. The Bertz CT molecular complexity index is 1020. The SMILES string of the molecule is COc1ccc(-c2ccc3c(c2)CC(C)(C)C3NC(=O)O[C@@H]2CN3CCC2CC3)c(C)c1. The topological polar surface area (TPSA) is 50.8 Å². The molecule has 2 bridgehead atoms. The number of carbonyl (C=O) groups excluding carboxylic acids is 1. The Morgan fingerprint density at radius 2 is 1.91 bits per heavy atom. The molecule has 3 saturated heterocycles. The predicted molar refractivity (Wildman–Crippen MR) is 126 cm³/mol. The largest absolute Gasteiger partial charge is 0.497 e. The molecule has 32 heavy (non-hydrogen) atoms. The molecule has 4 aliphatic rings. The van der Waals surface area contributed by atoms with Crippen molar-refractivity contribution in [2.24, 2.45) is 11.3 Å². The average molecular weight is 435 g/mol. The summed E-state index contributed by atoms with van der Waals surface area (Å²) in [6.45, 7) is 9.74. The summed E-state index contributed by atoms with van der Waals surface area (Å²) in [6, 6.07) is 12.8. The Balaban J connectivity index is 1.34. The number of methoxy groups -OCH3 is 1. The number of piperidine rings is 3. The highest BCUT2D eigenvalue weighted by Gasteiger charge is 2.42. The van der Waals surface area contributed by atoms with E-state index in [2.05, 4.69) is 61.3 Å². The van der Waals surface area contributed by atoms with E-state index in [-0.39, 0.29) is 23.7 Å². The van der Waals surface area contributed by atoms with Crippen LogP contribution in [0.15, 0.2) is 36.4 Å². The van der Waals surface area contributed by atoms with Crippen LogP contribution in [0, 0.1) is 18.3 Å². The van der Waals surface area contributed by atoms with Crippen LogP contribution in [0.2, 0.25) is 0 Å². The highest BCUT2D eigenvalue weighted by atomic mass is 16.6. The van der Waals surface area contributed by atoms with Crippen molar-refractivity contribution in [3.63, 3.8) is 0 Å². The van der Waals surface area contributed by atoms with Gasteiger partial charge in [-0.1, -0.05) is 38.1 Å². The molecule has 3 aliphatic heterocycles. The third-order valence-corrected chi connectivity index (χ3v) is 7.74. The number of amides is 1. The first-order valence-corrected chi connectivity index (χ1v) is 11.8. The number of aryl methyl sites for hydroxylation is 1. The summed E-state index contributed by atoms with van der Waals surface area (Å²) >= 11 is 0. The van der Waals surface area contributed by atoms with Crippen molar-refractivity contribution in [3.05, 3.63) is 53.1 Å². The maximum absolute atomic E-state index is 12.9. The van der Waals surface area contributed by atoms with Gasteiger partial charge in [-0.3, -0.25) is 4.90 Å². The second-order valence-electron chi connectivity index (χ2n) is 10.4. The van der Waals surface area contributed by atoms with Gasteiger partial charge in [0.05, 0.1) is 13.2 Å². The molecule has 0 aromatic heterocycles. The third kappa shape index (κ3) is 3.88. The van der Waals surface area contributed by atoms with Gasteiger partial charge in [-0.25, -0.2) is 4.79 Å². The minimum absolute atomic E-state index is 0.0295. The van der Waals surface area contributed by atoms with Gasteiger partial charge < -0.3 is 14.8 Å². The van der Waals surface area contributed by atoms with E-state index in [1.165, 1.54) is 27.8 Å². The van der Waals surface area contributed by atoms with E-state index in [1.54, 1.807) is 7.11 Å². The number of hydrogen-bond acceptors (Lipinski definition) is 4. The minimum atomic E-state index is -0.273. The lowest BCUT2D eigenvalue weighted by molar-refractivity contribution is -0.0348. The Hall–Kier alpha value is -2.53. The molecule has 0 spiro atoms. The Labute approximate surface area is 191 Å². The zero-order valence-electron chi connectivity index (χ0n) is 19.6. The minimum Gasteiger partial charge on any atom is -0.497 e. The Morgan fingerprint density at radius 3 is 2.56 bits per heavy atom. The Morgan fingerprint density at radius 1 is 1.12 bits per heavy atom. The highest BCUT2D eigenvalue weighted by Crippen LogP contribution is 2.46. The number of nitrogens with one attached hydrogen (secondary N) is 1. The molecule has 3 heterocycles. The maximum Gasteiger partial charge on any atom is 0.407 e. The molecule has 0 radical (unpaired) electrons. The van der Waals surface area contributed by atoms with Gasteiger partial charge in [-0.2, -0.15) is 0 Å². The fraction of sp³-hybridized carbons (Fsp3) is 0.519. The van der Waals surface area contributed by atoms with Gasteiger partial charge in [0, 0.05) is 6.54 Å². The first kappa shape index (κ1) is 21.3. The van der Waals surface area contributed by atoms with Crippen LogP contribution in [0.5, 0.6) is 5.75 Å². The third-order valence-electron chi connectivity index (χ3n) is 7.74. The predicted octanol–water partition coefficient (Wildman–Crippen LogP) is 5.11. The van der Waals surface area contributed by atoms with E-state index in [0.717, 1.165) is 44.6 Å². The van der Waals surface area contributed by atoms with Crippen molar-refractivity contribution in [2.75, 3.05) is 26.7 Å². The molecule has 2 atom stereocenters. The standard InChI is InChI=1S/C27H34N2O3/c1-17-13-21(31-4)6-8-22(17)19-5-7-23-20(14-19)15-27(2,3)25(23)28-26(30)32-24-16-29-11-9-18(24)10-12-29/h5-8,13-14,18,24-25H,9-12,15-16H2,1-4H3,(H,28,30)/t24-,25?/m1/s1. The number of hydrogen-bond donors (Lipinski definition) is 1. The van der Waals surface area contributed by atoms with Crippen molar-refractivity contribution in [3.8, 4) is 16.9 Å². The molecule has 1 amide bonds. The lowest BCUT2D eigenvalue weighted by Crippen LogP contribution is -2.53. The van der Waals surface area contributed by atoms with Crippen LogP contribution < -0.4 is 10.1 Å². The molecule has 2 aromatic rings. The van der Waals surface area contributed by atoms with E-state index in [9.17, 15) is 4.79 Å². The molecule has 5 nitrogen and oxygen atoms in total. The van der Waals surface area contributed by atoms with Gasteiger partial charge in [-0.05, 0) is 90.6 Å². The summed E-state index contributed by atoms with van der Waals surface area (Å²) in [6.07, 6.45) is 2.97. The number of ether oxygens (including phenoxy) is 2. The molecule has 2 aromatic carbocycles. The van der Waals surface area contributed by atoms with Gasteiger partial charge in [0.2, 0.25) is 0 Å². The summed E-state index contributed by atoms with van der Waals surface area (Å²) in [5, 5.41) is 3.22. The second kappa shape index (κ2) is 8.11. The summed E-state index contributed by atoms with van der Waals surface area (Å²) in [5.41, 5.74) is 6.05. The molecule has 170 valence electrons. The van der Waals surface area contributed by atoms with Crippen molar-refractivity contribution >= 4 is 6.09 Å². The van der Waals surface area contributed by atoms with Crippen molar-refractivity contribution in [1.82, 2.24) is 10.2 Å². The number of alkyl carbamates (subject to hydrolysis) is 1. The van der Waals surface area contributed by atoms with Crippen LogP contribution in [0.4, 0.5) is 4.79 Å². The second-order valence-corrected chi connectivity index (χ2v) is 10.4. The average Bonchev–Trinajstić information content (AvgIpc) is 3.03. The fourth-order valence-corrected chi connectivity index (χ4v) is 5.92. The number of carbonyl (C=O) groups is 1. The molecule has 5 heteroatoms. The zero-order valence-corrected chi connectivity index (χ0v) is 19.6. The molecular formula is C27H34N2O3. The van der Waals surface area contributed by atoms with E-state index >= 15 is 0 Å². The van der Waals surface area contributed by atoms with Gasteiger partial charge >= 0.3 is 6.09 Å². The van der Waals surface area contributed by atoms with Crippen LogP contribution in [-0.4, -0.2) is 43.8 Å². The monoisotopic (exact) mass is 434 g/mol. The van der Waals surface area contributed by atoms with Crippen LogP contribution in [0.3, 0.4) is 0 Å². The molecule has 6 rings (SSSR count). The number of rotatable bonds is 4. The highest BCUT2D eigenvalue weighted by molar-refractivity contribution is 5.72. The number of fused-ring (bicyclic) bond motifs is 4. The first-order valence-electron chi connectivity index (χ1n) is 11.8. The Kier molecular flexibility index (Phi) is 5.40. The normalized spacial score (nSPS) is 27.6. The molecule has 3 fully saturated rings. The van der Waals surface area contributed by atoms with Crippen LogP contribution in [-0.2, 0) is 11.2 Å². The van der Waals surface area contributed by atoms with Gasteiger partial charge in [0.1, 0.15) is 11.9 Å². The number of benzene rings is 2. The first-order chi connectivity index (χ1) is 15.3. The van der Waals surface area contributed by atoms with E-state index in [0.29, 0.717) is 5.92 Å². The lowest BCUT2D eigenvalue weighted by atomic mass is 9.85. The van der Waals surface area contributed by atoms with Crippen LogP contribution in [0.25, 0.3) is 11.1 Å². The summed E-state index contributed by atoms with van der Waals surface area (Å²) in [4.78, 5) is 15.3. The lowest BCUT2D eigenvalue weighted by Gasteiger charge is -2.44. The summed E-state index contributed by atoms with van der Waals surface area (Å²) < 4.78 is 11.3. The van der Waals surface area contributed by atoms with Gasteiger partial charge in [0.25, 0.3) is 0 Å². The number of nitrogens with zero attached hydrogens (tertiary/aromatic N) is 1. The maximum atomic E-state index is 12.9. The molecular weight excluding hydrogens is 400 g/mol. The summed E-state index contributed by atoms with van der Waals surface area (Å²) in [7, 11) is 1.69. The zero-order chi connectivity index (χ0) is 22.5. The molecule has 0 saturated carbocycles. The van der Waals surface area contributed by atoms with Crippen molar-refractivity contribution in [2.45, 2.75) is 52.2 Å². The summed E-state index contributed by atoms with van der Waals surface area (Å²) in [5.74, 6) is 1.39. The van der Waals surface area contributed by atoms with E-state index in [4.69, 9.17) is 9.47 Å². The van der Waals surface area contributed by atoms with Crippen LogP contribution in [0.1, 0.15) is 49.4 Å². The fourth-order valence-electron chi connectivity index (χ4n) is 5.92. The van der Waals surface area contributed by atoms with Crippen molar-refractivity contribution < 1.29 is 14.3 Å². The van der Waals surface area contributed by atoms with Gasteiger partial charge in [-0.15, -0.1) is 0 Å². The van der Waals surface area contributed by atoms with Gasteiger partial charge in [0.15, 0.2) is 0 Å².